The molecule has 2 heterocycles. The summed E-state index contributed by atoms with van der Waals surface area (Å²) in [5.74, 6) is 0.252. The largest absolute Gasteiger partial charge is 0.309 e. The summed E-state index contributed by atoms with van der Waals surface area (Å²) < 4.78 is 15.2. The fraction of sp³-hybridized carbons (Fsp3) is 0.571. The van der Waals surface area contributed by atoms with Gasteiger partial charge in [-0.25, -0.2) is 9.37 Å². The third kappa shape index (κ3) is 4.21. The number of carbonyl (C=O) groups excluding carboxylic acids is 1. The van der Waals surface area contributed by atoms with E-state index in [1.165, 1.54) is 0 Å². The SMILES string of the molecule is Cc1ccc(Br)nc1NC(=O)C1CC(F)(CN(C)C)CN1. The van der Waals surface area contributed by atoms with E-state index in [2.05, 4.69) is 31.5 Å². The predicted octanol–water partition coefficient (Wildman–Crippen LogP) is 1.72. The Bertz CT molecular complexity index is 540. The van der Waals surface area contributed by atoms with Gasteiger partial charge in [0.25, 0.3) is 0 Å². The van der Waals surface area contributed by atoms with Gasteiger partial charge in [0, 0.05) is 19.5 Å². The Labute approximate surface area is 132 Å². The lowest BCUT2D eigenvalue weighted by Gasteiger charge is -2.22. The van der Waals surface area contributed by atoms with Crippen LogP contribution in [0.2, 0.25) is 0 Å². The third-order valence-corrected chi connectivity index (χ3v) is 3.90. The van der Waals surface area contributed by atoms with Crippen molar-refractivity contribution in [3.63, 3.8) is 0 Å². The fourth-order valence-corrected chi connectivity index (χ4v) is 2.83. The molecule has 0 spiro atoms. The zero-order chi connectivity index (χ0) is 15.6. The second-order valence-corrected chi connectivity index (χ2v) is 6.63. The van der Waals surface area contributed by atoms with Crippen LogP contribution in [0.5, 0.6) is 0 Å². The molecular weight excluding hydrogens is 339 g/mol. The van der Waals surface area contributed by atoms with Crippen LogP contribution in [0.1, 0.15) is 12.0 Å². The normalized spacial score (nSPS) is 25.3. The minimum Gasteiger partial charge on any atom is -0.309 e. The minimum absolute atomic E-state index is 0.171. The van der Waals surface area contributed by atoms with E-state index in [1.54, 1.807) is 4.90 Å². The Kier molecular flexibility index (Phi) is 4.95. The maximum absolute atomic E-state index is 14.5. The molecule has 1 aliphatic rings. The van der Waals surface area contributed by atoms with Crippen LogP contribution in [0.3, 0.4) is 0 Å². The first-order valence-electron chi connectivity index (χ1n) is 6.80. The van der Waals surface area contributed by atoms with Crippen LogP contribution >= 0.6 is 15.9 Å². The van der Waals surface area contributed by atoms with Crippen LogP contribution in [0.25, 0.3) is 0 Å². The van der Waals surface area contributed by atoms with Crippen molar-refractivity contribution in [2.24, 2.45) is 0 Å². The van der Waals surface area contributed by atoms with E-state index in [0.29, 0.717) is 17.0 Å². The number of amides is 1. The quantitative estimate of drug-likeness (QED) is 0.804. The van der Waals surface area contributed by atoms with Gasteiger partial charge in [-0.2, -0.15) is 0 Å². The predicted molar refractivity (Wildman–Crippen MR) is 84.1 cm³/mol. The molecule has 0 bridgehead atoms. The second-order valence-electron chi connectivity index (χ2n) is 5.82. The van der Waals surface area contributed by atoms with E-state index in [0.717, 1.165) is 5.56 Å². The summed E-state index contributed by atoms with van der Waals surface area (Å²) in [6.45, 7) is 2.36. The molecule has 0 aromatic carbocycles. The van der Waals surface area contributed by atoms with E-state index in [4.69, 9.17) is 0 Å². The lowest BCUT2D eigenvalue weighted by atomic mass is 10.0. The summed E-state index contributed by atoms with van der Waals surface area (Å²) in [6.07, 6.45) is 0.171. The van der Waals surface area contributed by atoms with Crippen molar-refractivity contribution < 1.29 is 9.18 Å². The van der Waals surface area contributed by atoms with Gasteiger partial charge in [0.2, 0.25) is 5.91 Å². The zero-order valence-electron chi connectivity index (χ0n) is 12.4. The van der Waals surface area contributed by atoms with E-state index in [-0.39, 0.29) is 18.9 Å². The molecule has 0 aliphatic carbocycles. The van der Waals surface area contributed by atoms with Crippen molar-refractivity contribution in [2.75, 3.05) is 32.5 Å². The third-order valence-electron chi connectivity index (χ3n) is 3.46. The molecule has 0 radical (unpaired) electrons. The topological polar surface area (TPSA) is 57.3 Å². The summed E-state index contributed by atoms with van der Waals surface area (Å²) in [7, 11) is 3.65. The number of carbonyl (C=O) groups is 1. The van der Waals surface area contributed by atoms with Crippen molar-refractivity contribution in [3.8, 4) is 0 Å². The molecule has 1 aromatic rings. The number of hydrogen-bond acceptors (Lipinski definition) is 4. The molecule has 2 atom stereocenters. The molecule has 5 nitrogen and oxygen atoms in total. The van der Waals surface area contributed by atoms with Gasteiger partial charge >= 0.3 is 0 Å². The fourth-order valence-electron chi connectivity index (χ4n) is 2.52. The van der Waals surface area contributed by atoms with Gasteiger partial charge in [0.15, 0.2) is 0 Å². The molecular formula is C14H20BrFN4O. The Morgan fingerprint density at radius 3 is 3.00 bits per heavy atom. The Hall–Kier alpha value is -1.05. The van der Waals surface area contributed by atoms with E-state index < -0.39 is 11.7 Å². The smallest absolute Gasteiger partial charge is 0.242 e. The van der Waals surface area contributed by atoms with Crippen molar-refractivity contribution in [3.05, 3.63) is 22.3 Å². The molecule has 1 saturated heterocycles. The molecule has 0 saturated carbocycles. The number of rotatable bonds is 4. The van der Waals surface area contributed by atoms with Crippen LogP contribution in [-0.4, -0.2) is 54.7 Å². The van der Waals surface area contributed by atoms with Gasteiger partial charge in [-0.05, 0) is 48.6 Å². The molecule has 1 aliphatic heterocycles. The molecule has 2 unspecified atom stereocenters. The average Bonchev–Trinajstić information content (AvgIpc) is 2.75. The van der Waals surface area contributed by atoms with Gasteiger partial charge < -0.3 is 15.5 Å². The van der Waals surface area contributed by atoms with Crippen molar-refractivity contribution in [2.45, 2.75) is 25.1 Å². The van der Waals surface area contributed by atoms with Crippen molar-refractivity contribution >= 4 is 27.7 Å². The number of pyridine rings is 1. The summed E-state index contributed by atoms with van der Waals surface area (Å²) >= 11 is 3.27. The lowest BCUT2D eigenvalue weighted by Crippen LogP contribution is -2.37. The van der Waals surface area contributed by atoms with Crippen LogP contribution in [0.15, 0.2) is 16.7 Å². The van der Waals surface area contributed by atoms with Crippen molar-refractivity contribution in [1.82, 2.24) is 15.2 Å². The number of alkyl halides is 1. The average molecular weight is 359 g/mol. The lowest BCUT2D eigenvalue weighted by molar-refractivity contribution is -0.118. The number of nitrogens with one attached hydrogen (secondary N) is 2. The molecule has 116 valence electrons. The summed E-state index contributed by atoms with van der Waals surface area (Å²) in [5, 5.41) is 5.71. The first-order chi connectivity index (χ1) is 9.79. The molecule has 1 fully saturated rings. The molecule has 1 aromatic heterocycles. The number of anilines is 1. The molecule has 1 amide bonds. The highest BCUT2D eigenvalue weighted by Gasteiger charge is 2.42. The van der Waals surface area contributed by atoms with E-state index in [1.807, 2.05) is 33.2 Å². The maximum Gasteiger partial charge on any atom is 0.242 e. The highest BCUT2D eigenvalue weighted by Crippen LogP contribution is 2.25. The van der Waals surface area contributed by atoms with Gasteiger partial charge in [-0.15, -0.1) is 0 Å². The van der Waals surface area contributed by atoms with Gasteiger partial charge in [-0.1, -0.05) is 6.07 Å². The number of nitrogens with zero attached hydrogens (tertiary/aromatic N) is 2. The monoisotopic (exact) mass is 358 g/mol. The first kappa shape index (κ1) is 16.3. The highest BCUT2D eigenvalue weighted by atomic mass is 79.9. The molecule has 21 heavy (non-hydrogen) atoms. The summed E-state index contributed by atoms with van der Waals surface area (Å²) in [5.41, 5.74) is -0.505. The Balaban J connectivity index is 2.00. The molecule has 7 heteroatoms. The number of aromatic nitrogens is 1. The summed E-state index contributed by atoms with van der Waals surface area (Å²) in [4.78, 5) is 18.3. The second kappa shape index (κ2) is 6.37. The first-order valence-corrected chi connectivity index (χ1v) is 7.59. The van der Waals surface area contributed by atoms with Crippen LogP contribution in [-0.2, 0) is 4.79 Å². The van der Waals surface area contributed by atoms with Crippen molar-refractivity contribution in [1.29, 1.82) is 0 Å². The van der Waals surface area contributed by atoms with E-state index >= 15 is 0 Å². The summed E-state index contributed by atoms with van der Waals surface area (Å²) in [6, 6.07) is 3.14. The number of halogens is 2. The van der Waals surface area contributed by atoms with Gasteiger partial charge in [0.05, 0.1) is 6.04 Å². The highest BCUT2D eigenvalue weighted by molar-refractivity contribution is 9.10. The van der Waals surface area contributed by atoms with E-state index in [9.17, 15) is 9.18 Å². The van der Waals surface area contributed by atoms with Crippen LogP contribution in [0.4, 0.5) is 10.2 Å². The van der Waals surface area contributed by atoms with Crippen LogP contribution < -0.4 is 10.6 Å². The number of aryl methyl sites for hydroxylation is 1. The molecule has 2 N–H and O–H groups in total. The van der Waals surface area contributed by atoms with Gasteiger partial charge in [-0.3, -0.25) is 4.79 Å². The number of hydrogen-bond donors (Lipinski definition) is 2. The Morgan fingerprint density at radius 2 is 2.33 bits per heavy atom. The van der Waals surface area contributed by atoms with Gasteiger partial charge in [0.1, 0.15) is 16.1 Å². The minimum atomic E-state index is -1.37. The zero-order valence-corrected chi connectivity index (χ0v) is 14.0. The molecule has 2 rings (SSSR count). The standard InChI is InChI=1S/C14H20BrFN4O/c1-9-4-5-11(15)18-12(9)19-13(21)10-6-14(16,7-17-10)8-20(2)3/h4-5,10,17H,6-8H2,1-3H3,(H,18,19,21). The maximum atomic E-state index is 14.5. The Morgan fingerprint density at radius 1 is 1.62 bits per heavy atom. The van der Waals surface area contributed by atoms with Crippen LogP contribution in [0, 0.1) is 6.92 Å².